The molecule has 10 heteroatoms. The van der Waals surface area contributed by atoms with Crippen LogP contribution in [0.2, 0.25) is 0 Å². The zero-order valence-electron chi connectivity index (χ0n) is 13.2. The van der Waals surface area contributed by atoms with Crippen LogP contribution in [-0.2, 0) is 4.74 Å². The molecule has 0 amide bonds. The molecular weight excluding hydrogens is 372 g/mol. The van der Waals surface area contributed by atoms with Gasteiger partial charge >= 0.3 is 0 Å². The largest absolute Gasteiger partial charge is 0.378 e. The normalized spacial score (nSPS) is 14.8. The number of morpholine rings is 1. The molecule has 26 heavy (non-hydrogen) atoms. The molecule has 0 spiro atoms. The van der Waals surface area contributed by atoms with Gasteiger partial charge in [-0.15, -0.1) is 0 Å². The Morgan fingerprint density at radius 3 is 2.38 bits per heavy atom. The van der Waals surface area contributed by atoms with Gasteiger partial charge in [-0.05, 0) is 18.2 Å². The molecular formula is C16H12F4N4OS. The van der Waals surface area contributed by atoms with E-state index in [1.807, 2.05) is 0 Å². The summed E-state index contributed by atoms with van der Waals surface area (Å²) < 4.78 is 60.0. The van der Waals surface area contributed by atoms with Gasteiger partial charge in [0.2, 0.25) is 11.6 Å². The van der Waals surface area contributed by atoms with E-state index in [2.05, 4.69) is 20.2 Å². The highest BCUT2D eigenvalue weighted by Crippen LogP contribution is 2.33. The number of pyridine rings is 1. The quantitative estimate of drug-likeness (QED) is 0.550. The van der Waals surface area contributed by atoms with Gasteiger partial charge in [0.1, 0.15) is 5.69 Å². The molecule has 5 nitrogen and oxygen atoms in total. The number of nitrogens with one attached hydrogen (secondary N) is 1. The van der Waals surface area contributed by atoms with Crippen molar-refractivity contribution in [3.8, 4) is 0 Å². The van der Waals surface area contributed by atoms with Gasteiger partial charge in [-0.25, -0.2) is 4.98 Å². The van der Waals surface area contributed by atoms with Gasteiger partial charge in [0.05, 0.1) is 23.4 Å². The van der Waals surface area contributed by atoms with Crippen molar-refractivity contribution < 1.29 is 22.3 Å². The van der Waals surface area contributed by atoms with Crippen LogP contribution in [0.3, 0.4) is 0 Å². The Bertz CT molecular complexity index is 948. The van der Waals surface area contributed by atoms with Crippen LogP contribution in [0.4, 0.5) is 34.1 Å². The van der Waals surface area contributed by atoms with Crippen LogP contribution < -0.4 is 10.2 Å². The van der Waals surface area contributed by atoms with Crippen molar-refractivity contribution >= 4 is 38.1 Å². The van der Waals surface area contributed by atoms with Gasteiger partial charge in [0.25, 0.3) is 11.9 Å². The van der Waals surface area contributed by atoms with Crippen molar-refractivity contribution in [1.29, 1.82) is 0 Å². The number of rotatable bonds is 3. The van der Waals surface area contributed by atoms with Crippen molar-refractivity contribution in [2.75, 3.05) is 36.5 Å². The number of hydrogen-bond donors (Lipinski definition) is 1. The van der Waals surface area contributed by atoms with Crippen molar-refractivity contribution in [3.63, 3.8) is 0 Å². The third-order valence-electron chi connectivity index (χ3n) is 3.93. The van der Waals surface area contributed by atoms with Crippen LogP contribution in [0.15, 0.2) is 18.2 Å². The van der Waals surface area contributed by atoms with Crippen LogP contribution in [0.1, 0.15) is 0 Å². The van der Waals surface area contributed by atoms with Gasteiger partial charge in [0.15, 0.2) is 5.13 Å². The number of ether oxygens (including phenoxy) is 1. The lowest BCUT2D eigenvalue weighted by atomic mass is 10.2. The summed E-state index contributed by atoms with van der Waals surface area (Å²) in [6.07, 6.45) is 0. The van der Waals surface area contributed by atoms with Crippen molar-refractivity contribution in [2.45, 2.75) is 0 Å². The van der Waals surface area contributed by atoms with E-state index < -0.39 is 29.2 Å². The first-order chi connectivity index (χ1) is 12.5. The summed E-state index contributed by atoms with van der Waals surface area (Å²) in [5.74, 6) is -6.58. The van der Waals surface area contributed by atoms with Crippen LogP contribution in [0, 0.1) is 23.5 Å². The number of anilines is 3. The third kappa shape index (κ3) is 3.06. The van der Waals surface area contributed by atoms with Gasteiger partial charge in [-0.3, -0.25) is 0 Å². The highest BCUT2D eigenvalue weighted by Gasteiger charge is 2.21. The Kier molecular flexibility index (Phi) is 4.37. The second-order valence-corrected chi connectivity index (χ2v) is 6.61. The zero-order valence-corrected chi connectivity index (χ0v) is 14.0. The van der Waals surface area contributed by atoms with Crippen LogP contribution in [0.25, 0.3) is 10.2 Å². The molecule has 1 saturated heterocycles. The lowest BCUT2D eigenvalue weighted by Gasteiger charge is -2.25. The van der Waals surface area contributed by atoms with Crippen LogP contribution in [0.5, 0.6) is 0 Å². The number of fused-ring (bicyclic) bond motifs is 1. The Morgan fingerprint density at radius 2 is 1.69 bits per heavy atom. The number of benzene rings is 1. The van der Waals surface area contributed by atoms with E-state index in [0.29, 0.717) is 13.2 Å². The molecule has 1 aliphatic rings. The summed E-state index contributed by atoms with van der Waals surface area (Å²) in [4.78, 5) is 9.16. The molecule has 1 N–H and O–H groups in total. The highest BCUT2D eigenvalue weighted by molar-refractivity contribution is 7.22. The Hall–Kier alpha value is -2.46. The molecule has 3 heterocycles. The number of hydrogen-bond acceptors (Lipinski definition) is 6. The summed E-state index contributed by atoms with van der Waals surface area (Å²) in [6.45, 7) is 2.72. The van der Waals surface area contributed by atoms with E-state index in [-0.39, 0.29) is 5.69 Å². The van der Waals surface area contributed by atoms with E-state index in [0.717, 1.165) is 28.4 Å². The number of aromatic nitrogens is 2. The standard InChI is InChI=1S/C16H12F4N4OS/c17-11-13(12(18)15(20)23-14(11)19)21-8-1-2-9-10(7-8)26-16(22-9)24-3-5-25-6-4-24/h1-2,7H,3-6H2,(H,21,23). The molecule has 1 aromatic carbocycles. The second-order valence-electron chi connectivity index (χ2n) is 5.60. The first kappa shape index (κ1) is 17.0. The molecule has 0 atom stereocenters. The lowest BCUT2D eigenvalue weighted by Crippen LogP contribution is -2.36. The highest BCUT2D eigenvalue weighted by atomic mass is 32.1. The first-order valence-electron chi connectivity index (χ1n) is 7.73. The third-order valence-corrected chi connectivity index (χ3v) is 5.00. The summed E-state index contributed by atoms with van der Waals surface area (Å²) in [7, 11) is 0. The zero-order chi connectivity index (χ0) is 18.3. The first-order valence-corrected chi connectivity index (χ1v) is 8.55. The van der Waals surface area contributed by atoms with E-state index in [4.69, 9.17) is 4.74 Å². The molecule has 3 aromatic rings. The molecule has 2 aromatic heterocycles. The predicted octanol–water partition coefficient (Wildman–Crippen LogP) is 3.83. The predicted molar refractivity (Wildman–Crippen MR) is 90.0 cm³/mol. The maximum absolute atomic E-state index is 13.8. The maximum atomic E-state index is 13.8. The molecule has 0 bridgehead atoms. The molecule has 4 rings (SSSR count). The van der Waals surface area contributed by atoms with Crippen molar-refractivity contribution in [3.05, 3.63) is 41.7 Å². The number of thiazole rings is 1. The Labute approximate surface area is 149 Å². The smallest absolute Gasteiger partial charge is 0.253 e. The van der Waals surface area contributed by atoms with Gasteiger partial charge < -0.3 is 15.0 Å². The molecule has 1 fully saturated rings. The lowest BCUT2D eigenvalue weighted by molar-refractivity contribution is 0.122. The number of nitrogens with zero attached hydrogens (tertiary/aromatic N) is 3. The molecule has 0 unspecified atom stereocenters. The SMILES string of the molecule is Fc1nc(F)c(F)c(Nc2ccc3nc(N4CCOCC4)sc3c2)c1F. The second kappa shape index (κ2) is 6.69. The van der Waals surface area contributed by atoms with E-state index in [9.17, 15) is 17.6 Å². The fraction of sp³-hybridized carbons (Fsp3) is 0.250. The van der Waals surface area contributed by atoms with Crippen molar-refractivity contribution in [1.82, 2.24) is 9.97 Å². The van der Waals surface area contributed by atoms with Crippen LogP contribution >= 0.6 is 11.3 Å². The topological polar surface area (TPSA) is 50.3 Å². The molecule has 0 radical (unpaired) electrons. The molecule has 1 aliphatic heterocycles. The fourth-order valence-corrected chi connectivity index (χ4v) is 3.68. The molecule has 0 aliphatic carbocycles. The Morgan fingerprint density at radius 1 is 1.00 bits per heavy atom. The Balaban J connectivity index is 1.66. The minimum atomic E-state index is -1.71. The average molecular weight is 384 g/mol. The summed E-state index contributed by atoms with van der Waals surface area (Å²) in [5, 5.41) is 3.20. The molecule has 0 saturated carbocycles. The summed E-state index contributed by atoms with van der Waals surface area (Å²) >= 11 is 1.41. The van der Waals surface area contributed by atoms with Gasteiger partial charge in [-0.2, -0.15) is 22.5 Å². The minimum absolute atomic E-state index is 0.275. The minimum Gasteiger partial charge on any atom is -0.378 e. The maximum Gasteiger partial charge on any atom is 0.253 e. The molecule has 136 valence electrons. The van der Waals surface area contributed by atoms with Crippen molar-refractivity contribution in [2.24, 2.45) is 0 Å². The monoisotopic (exact) mass is 384 g/mol. The van der Waals surface area contributed by atoms with Crippen LogP contribution in [-0.4, -0.2) is 36.3 Å². The summed E-state index contributed by atoms with van der Waals surface area (Å²) in [6, 6.07) is 4.81. The van der Waals surface area contributed by atoms with Gasteiger partial charge in [0, 0.05) is 18.8 Å². The van der Waals surface area contributed by atoms with E-state index in [1.54, 1.807) is 12.1 Å². The summed E-state index contributed by atoms with van der Waals surface area (Å²) in [5.41, 5.74) is 0.0693. The number of halogens is 4. The van der Waals surface area contributed by atoms with Gasteiger partial charge in [-0.1, -0.05) is 11.3 Å². The van der Waals surface area contributed by atoms with E-state index >= 15 is 0 Å². The average Bonchev–Trinajstić information content (AvgIpc) is 3.08. The van der Waals surface area contributed by atoms with E-state index in [1.165, 1.54) is 17.4 Å². The fourth-order valence-electron chi connectivity index (χ4n) is 2.62.